The molecule has 0 aliphatic carbocycles. The summed E-state index contributed by atoms with van der Waals surface area (Å²) in [4.78, 5) is 17.4. The molecule has 0 saturated carbocycles. The summed E-state index contributed by atoms with van der Waals surface area (Å²) in [5.41, 5.74) is 1.45. The van der Waals surface area contributed by atoms with Gasteiger partial charge in [-0.25, -0.2) is 4.99 Å². The number of benzene rings is 2. The molecule has 1 aliphatic rings. The summed E-state index contributed by atoms with van der Waals surface area (Å²) in [6.45, 7) is 4.00. The van der Waals surface area contributed by atoms with Crippen LogP contribution < -0.4 is 19.5 Å². The van der Waals surface area contributed by atoms with Crippen molar-refractivity contribution in [3.63, 3.8) is 0 Å². The molecule has 0 bridgehead atoms. The summed E-state index contributed by atoms with van der Waals surface area (Å²) in [5.74, 6) is 1.54. The molecule has 158 valence electrons. The summed E-state index contributed by atoms with van der Waals surface area (Å²) in [6.07, 6.45) is 2.60. The molecule has 1 amide bonds. The lowest BCUT2D eigenvalue weighted by Gasteiger charge is -2.17. The van der Waals surface area contributed by atoms with Gasteiger partial charge in [0, 0.05) is 0 Å². The van der Waals surface area contributed by atoms with Crippen molar-refractivity contribution in [1.29, 1.82) is 0 Å². The van der Waals surface area contributed by atoms with Gasteiger partial charge in [-0.1, -0.05) is 18.5 Å². The number of rotatable bonds is 7. The van der Waals surface area contributed by atoms with Crippen molar-refractivity contribution in [3.8, 4) is 17.2 Å². The minimum atomic E-state index is -0.220. The molecular formula is C22H23ClN2O4S. The van der Waals surface area contributed by atoms with Crippen molar-refractivity contribution in [2.75, 3.05) is 14.2 Å². The van der Waals surface area contributed by atoms with Gasteiger partial charge in [-0.15, -0.1) is 0 Å². The Hall–Kier alpha value is -2.64. The molecule has 6 nitrogen and oxygen atoms in total. The first-order valence-corrected chi connectivity index (χ1v) is 10.6. The monoisotopic (exact) mass is 446 g/mol. The molecule has 0 radical (unpaired) electrons. The second-order valence-electron chi connectivity index (χ2n) is 6.55. The molecule has 8 heteroatoms. The molecule has 1 heterocycles. The van der Waals surface area contributed by atoms with Crippen LogP contribution in [-0.2, 0) is 4.79 Å². The minimum Gasteiger partial charge on any atom is -0.497 e. The third-order valence-corrected chi connectivity index (χ3v) is 5.59. The molecule has 1 atom stereocenters. The smallest absolute Gasteiger partial charge is 0.264 e. The quantitative estimate of drug-likeness (QED) is 0.574. The zero-order chi connectivity index (χ0) is 21.7. The van der Waals surface area contributed by atoms with Crippen LogP contribution in [0.2, 0.25) is 5.02 Å². The van der Waals surface area contributed by atoms with E-state index in [0.29, 0.717) is 26.6 Å². The summed E-state index contributed by atoms with van der Waals surface area (Å²) in [6, 6.07) is 10.8. The van der Waals surface area contributed by atoms with Crippen LogP contribution in [0.4, 0.5) is 5.69 Å². The maximum atomic E-state index is 12.4. The highest BCUT2D eigenvalue weighted by atomic mass is 35.5. The molecule has 1 fully saturated rings. The lowest BCUT2D eigenvalue weighted by atomic mass is 10.1. The molecule has 1 aliphatic heterocycles. The molecule has 0 unspecified atom stereocenters. The second kappa shape index (κ2) is 9.91. The fourth-order valence-corrected chi connectivity index (χ4v) is 3.73. The SMILES string of the molecule is CC[C@@H](C)Oc1c(Cl)cc(/C=C2/SC(=Nc3ccc(OC)cc3)NC2=O)cc1OC. The third-order valence-electron chi connectivity index (χ3n) is 4.40. The van der Waals surface area contributed by atoms with E-state index < -0.39 is 0 Å². The van der Waals surface area contributed by atoms with Crippen LogP contribution in [-0.4, -0.2) is 31.4 Å². The van der Waals surface area contributed by atoms with E-state index in [1.54, 1.807) is 32.4 Å². The van der Waals surface area contributed by atoms with Gasteiger partial charge >= 0.3 is 0 Å². The van der Waals surface area contributed by atoms with Crippen LogP contribution >= 0.6 is 23.4 Å². The Bertz CT molecular complexity index is 989. The molecule has 30 heavy (non-hydrogen) atoms. The number of aliphatic imine (C=N–C) groups is 1. The largest absolute Gasteiger partial charge is 0.497 e. The van der Waals surface area contributed by atoms with E-state index >= 15 is 0 Å². The fraction of sp³-hybridized carbons (Fsp3) is 0.273. The van der Waals surface area contributed by atoms with Crippen molar-refractivity contribution in [2.45, 2.75) is 26.4 Å². The van der Waals surface area contributed by atoms with Crippen LogP contribution in [0.25, 0.3) is 6.08 Å². The van der Waals surface area contributed by atoms with Crippen molar-refractivity contribution in [1.82, 2.24) is 5.32 Å². The first-order chi connectivity index (χ1) is 14.4. The molecular weight excluding hydrogens is 424 g/mol. The maximum Gasteiger partial charge on any atom is 0.264 e. The number of nitrogens with one attached hydrogen (secondary N) is 1. The number of amidine groups is 1. The Morgan fingerprint density at radius 1 is 1.20 bits per heavy atom. The molecule has 2 aromatic carbocycles. The zero-order valence-corrected chi connectivity index (χ0v) is 18.8. The molecule has 2 aromatic rings. The molecule has 1 N–H and O–H groups in total. The van der Waals surface area contributed by atoms with Gasteiger partial charge in [0.25, 0.3) is 5.91 Å². The maximum absolute atomic E-state index is 12.4. The zero-order valence-electron chi connectivity index (χ0n) is 17.2. The van der Waals surface area contributed by atoms with Gasteiger partial charge in [0.15, 0.2) is 16.7 Å². The average molecular weight is 447 g/mol. The average Bonchev–Trinajstić information content (AvgIpc) is 3.08. The fourth-order valence-electron chi connectivity index (χ4n) is 2.63. The van der Waals surface area contributed by atoms with E-state index in [2.05, 4.69) is 10.3 Å². The van der Waals surface area contributed by atoms with Gasteiger partial charge in [0.05, 0.1) is 35.9 Å². The predicted molar refractivity (Wildman–Crippen MR) is 122 cm³/mol. The highest BCUT2D eigenvalue weighted by molar-refractivity contribution is 8.18. The number of nitrogens with zero attached hydrogens (tertiary/aromatic N) is 1. The van der Waals surface area contributed by atoms with Gasteiger partial charge in [-0.3, -0.25) is 4.79 Å². The number of hydrogen-bond acceptors (Lipinski definition) is 6. The third kappa shape index (κ3) is 5.29. The van der Waals surface area contributed by atoms with E-state index in [0.717, 1.165) is 23.4 Å². The summed E-state index contributed by atoms with van der Waals surface area (Å²) in [7, 11) is 3.16. The van der Waals surface area contributed by atoms with E-state index in [4.69, 9.17) is 25.8 Å². The first-order valence-electron chi connectivity index (χ1n) is 9.41. The Kier molecular flexibility index (Phi) is 7.29. The molecule has 0 spiro atoms. The lowest BCUT2D eigenvalue weighted by Crippen LogP contribution is -2.19. The standard InChI is InChI=1S/C22H23ClN2O4S/c1-5-13(2)29-20-17(23)10-14(11-18(20)28-4)12-19-21(26)25-22(30-19)24-15-6-8-16(27-3)9-7-15/h6-13H,5H2,1-4H3,(H,24,25,26)/b19-12+/t13-/m1/s1. The van der Waals surface area contributed by atoms with Crippen molar-refractivity contribution in [2.24, 2.45) is 4.99 Å². The minimum absolute atomic E-state index is 0.00787. The number of thioether (sulfide) groups is 1. The van der Waals surface area contributed by atoms with E-state index in [-0.39, 0.29) is 12.0 Å². The summed E-state index contributed by atoms with van der Waals surface area (Å²) < 4.78 is 16.5. The van der Waals surface area contributed by atoms with Crippen molar-refractivity contribution >= 4 is 46.2 Å². The number of carbonyl (C=O) groups is 1. The molecule has 1 saturated heterocycles. The normalized spacial score (nSPS) is 17.2. The van der Waals surface area contributed by atoms with Crippen LogP contribution in [0.3, 0.4) is 0 Å². The van der Waals surface area contributed by atoms with Crippen LogP contribution in [0.1, 0.15) is 25.8 Å². The van der Waals surface area contributed by atoms with E-state index in [9.17, 15) is 4.79 Å². The second-order valence-corrected chi connectivity index (χ2v) is 7.99. The van der Waals surface area contributed by atoms with E-state index in [1.165, 1.54) is 11.8 Å². The Morgan fingerprint density at radius 3 is 2.57 bits per heavy atom. The predicted octanol–water partition coefficient (Wildman–Crippen LogP) is 5.43. The van der Waals surface area contributed by atoms with Crippen LogP contribution in [0.15, 0.2) is 46.3 Å². The van der Waals surface area contributed by atoms with Gasteiger partial charge in [0.2, 0.25) is 0 Å². The van der Waals surface area contributed by atoms with Crippen molar-refractivity contribution < 1.29 is 19.0 Å². The molecule has 3 rings (SSSR count). The van der Waals surface area contributed by atoms with Gasteiger partial charge in [0.1, 0.15) is 5.75 Å². The summed E-state index contributed by atoms with van der Waals surface area (Å²) in [5, 5.41) is 3.71. The Morgan fingerprint density at radius 2 is 1.93 bits per heavy atom. The van der Waals surface area contributed by atoms with E-state index in [1.807, 2.05) is 38.1 Å². The number of amides is 1. The Labute approximate surface area is 185 Å². The number of carbonyl (C=O) groups excluding carboxylic acids is 1. The first kappa shape index (κ1) is 22.1. The summed E-state index contributed by atoms with van der Waals surface area (Å²) >= 11 is 7.68. The van der Waals surface area contributed by atoms with Gasteiger partial charge in [-0.05, 0) is 73.1 Å². The highest BCUT2D eigenvalue weighted by Crippen LogP contribution is 2.39. The number of halogens is 1. The van der Waals surface area contributed by atoms with Crippen molar-refractivity contribution in [3.05, 3.63) is 51.9 Å². The van der Waals surface area contributed by atoms with Crippen LogP contribution in [0.5, 0.6) is 17.2 Å². The lowest BCUT2D eigenvalue weighted by molar-refractivity contribution is -0.115. The number of hydrogen-bond donors (Lipinski definition) is 1. The van der Waals surface area contributed by atoms with Crippen LogP contribution in [0, 0.1) is 0 Å². The van der Waals surface area contributed by atoms with Gasteiger partial charge < -0.3 is 19.5 Å². The van der Waals surface area contributed by atoms with Gasteiger partial charge in [-0.2, -0.15) is 0 Å². The Balaban J connectivity index is 1.83. The topological polar surface area (TPSA) is 69.2 Å². The molecule has 0 aromatic heterocycles. The number of methoxy groups -OCH3 is 2. The highest BCUT2D eigenvalue weighted by Gasteiger charge is 2.24. The number of ether oxygens (including phenoxy) is 3.